The van der Waals surface area contributed by atoms with E-state index in [1.165, 1.54) is 22.7 Å². The Labute approximate surface area is 125 Å². The fourth-order valence-corrected chi connectivity index (χ4v) is 3.75. The van der Waals surface area contributed by atoms with Crippen molar-refractivity contribution >= 4 is 33.8 Å². The molecule has 0 aliphatic carbocycles. The molecule has 0 radical (unpaired) electrons. The number of halogens is 2. The van der Waals surface area contributed by atoms with E-state index in [1.54, 1.807) is 35.0 Å². The van der Waals surface area contributed by atoms with Crippen LogP contribution in [0.1, 0.15) is 0 Å². The lowest BCUT2D eigenvalue weighted by molar-refractivity contribution is 0.423. The first-order valence-corrected chi connectivity index (χ1v) is 7.74. The molecule has 1 aromatic carbocycles. The summed E-state index contributed by atoms with van der Waals surface area (Å²) in [5.41, 5.74) is 0.571. The fraction of sp³-hybridized carbons (Fsp3) is 0. The second kappa shape index (κ2) is 4.71. The van der Waals surface area contributed by atoms with Crippen LogP contribution in [0.4, 0.5) is 8.78 Å². The Morgan fingerprint density at radius 2 is 1.52 bits per heavy atom. The van der Waals surface area contributed by atoms with E-state index in [-0.39, 0.29) is 22.2 Å². The first-order chi connectivity index (χ1) is 10.3. The maximum atomic E-state index is 14.6. The van der Waals surface area contributed by atoms with Crippen LogP contribution in [0.2, 0.25) is 0 Å². The monoisotopic (exact) mass is 320 g/mol. The van der Waals surface area contributed by atoms with Gasteiger partial charge in [0.2, 0.25) is 0 Å². The van der Waals surface area contributed by atoms with Crippen LogP contribution in [0.5, 0.6) is 0 Å². The van der Waals surface area contributed by atoms with Gasteiger partial charge in [-0.3, -0.25) is 0 Å². The van der Waals surface area contributed by atoms with Gasteiger partial charge in [-0.05, 0) is 22.9 Å². The SMILES string of the molecule is Fc1c(F)c(-c2cccs2)c2onnc2c1-c1cccs1. The van der Waals surface area contributed by atoms with E-state index < -0.39 is 11.6 Å². The number of nitrogens with zero attached hydrogens (tertiary/aromatic N) is 2. The quantitative estimate of drug-likeness (QED) is 0.524. The van der Waals surface area contributed by atoms with Gasteiger partial charge in [0.25, 0.3) is 0 Å². The zero-order valence-electron chi connectivity index (χ0n) is 10.3. The average molecular weight is 320 g/mol. The average Bonchev–Trinajstić information content (AvgIpc) is 3.21. The number of fused-ring (bicyclic) bond motifs is 1. The van der Waals surface area contributed by atoms with Crippen LogP contribution in [0.25, 0.3) is 32.0 Å². The normalized spacial score (nSPS) is 11.3. The lowest BCUT2D eigenvalue weighted by atomic mass is 10.0. The highest BCUT2D eigenvalue weighted by Crippen LogP contribution is 2.41. The highest BCUT2D eigenvalue weighted by molar-refractivity contribution is 7.14. The smallest absolute Gasteiger partial charge is 0.199 e. The highest BCUT2D eigenvalue weighted by Gasteiger charge is 2.26. The van der Waals surface area contributed by atoms with Gasteiger partial charge in [0.1, 0.15) is 5.52 Å². The summed E-state index contributed by atoms with van der Waals surface area (Å²) in [6, 6.07) is 6.95. The molecule has 0 N–H and O–H groups in total. The Bertz CT molecular complexity index is 840. The van der Waals surface area contributed by atoms with Crippen molar-refractivity contribution in [2.45, 2.75) is 0 Å². The largest absolute Gasteiger partial charge is 0.336 e. The Morgan fingerprint density at radius 1 is 0.905 bits per heavy atom. The van der Waals surface area contributed by atoms with E-state index in [9.17, 15) is 8.78 Å². The van der Waals surface area contributed by atoms with Gasteiger partial charge in [-0.2, -0.15) is 0 Å². The lowest BCUT2D eigenvalue weighted by Crippen LogP contribution is -1.94. The molecule has 104 valence electrons. The molecule has 21 heavy (non-hydrogen) atoms. The fourth-order valence-electron chi connectivity index (χ4n) is 2.23. The molecule has 4 aromatic rings. The highest BCUT2D eigenvalue weighted by atomic mass is 32.1. The second-order valence-corrected chi connectivity index (χ2v) is 6.18. The minimum atomic E-state index is -0.938. The van der Waals surface area contributed by atoms with Gasteiger partial charge >= 0.3 is 0 Å². The van der Waals surface area contributed by atoms with E-state index in [1.807, 2.05) is 0 Å². The van der Waals surface area contributed by atoms with E-state index >= 15 is 0 Å². The Morgan fingerprint density at radius 3 is 2.14 bits per heavy atom. The van der Waals surface area contributed by atoms with Crippen LogP contribution in [0.15, 0.2) is 39.5 Å². The van der Waals surface area contributed by atoms with Crippen molar-refractivity contribution in [1.82, 2.24) is 10.4 Å². The Balaban J connectivity index is 2.14. The molecule has 3 aromatic heterocycles. The topological polar surface area (TPSA) is 38.9 Å². The van der Waals surface area contributed by atoms with Crippen molar-refractivity contribution in [3.05, 3.63) is 46.7 Å². The molecule has 0 bridgehead atoms. The first-order valence-electron chi connectivity index (χ1n) is 5.98. The van der Waals surface area contributed by atoms with Crippen LogP contribution in [0, 0.1) is 11.6 Å². The maximum absolute atomic E-state index is 14.6. The molecule has 0 saturated carbocycles. The Kier molecular flexibility index (Phi) is 2.83. The van der Waals surface area contributed by atoms with E-state index in [0.717, 1.165) is 0 Å². The van der Waals surface area contributed by atoms with Crippen molar-refractivity contribution < 1.29 is 13.3 Å². The van der Waals surface area contributed by atoms with Crippen LogP contribution in [-0.2, 0) is 0 Å². The van der Waals surface area contributed by atoms with Gasteiger partial charge in [0.05, 0.1) is 11.1 Å². The first kappa shape index (κ1) is 12.6. The lowest BCUT2D eigenvalue weighted by Gasteiger charge is -2.06. The molecule has 0 amide bonds. The molecular weight excluding hydrogens is 314 g/mol. The van der Waals surface area contributed by atoms with Gasteiger partial charge in [-0.15, -0.1) is 27.8 Å². The predicted octanol–water partition coefficient (Wildman–Crippen LogP) is 4.96. The van der Waals surface area contributed by atoms with Crippen LogP contribution >= 0.6 is 22.7 Å². The zero-order chi connectivity index (χ0) is 14.4. The Hall–Kier alpha value is -2.12. The summed E-state index contributed by atoms with van der Waals surface area (Å²) >= 11 is 2.61. The second-order valence-electron chi connectivity index (χ2n) is 4.28. The number of aromatic nitrogens is 2. The van der Waals surface area contributed by atoms with Gasteiger partial charge < -0.3 is 4.52 Å². The summed E-state index contributed by atoms with van der Waals surface area (Å²) < 4.78 is 34.2. The van der Waals surface area contributed by atoms with Gasteiger partial charge in [-0.25, -0.2) is 8.78 Å². The molecule has 4 rings (SSSR count). The summed E-state index contributed by atoms with van der Waals surface area (Å²) in [5, 5.41) is 10.9. The molecule has 0 unspecified atom stereocenters. The van der Waals surface area contributed by atoms with Crippen LogP contribution in [-0.4, -0.2) is 10.4 Å². The third kappa shape index (κ3) is 1.81. The molecule has 0 atom stereocenters. The number of hydrogen-bond donors (Lipinski definition) is 0. The summed E-state index contributed by atoms with van der Waals surface area (Å²) in [6.07, 6.45) is 0. The molecule has 0 saturated heterocycles. The molecule has 0 spiro atoms. The maximum Gasteiger partial charge on any atom is 0.199 e. The number of thiophene rings is 2. The summed E-state index contributed by atoms with van der Waals surface area (Å²) in [4.78, 5) is 1.16. The molecule has 0 aliphatic rings. The standard InChI is InChI=1S/C14H6F2N2OS2/c15-11-9(7-3-1-5-20-7)13-14(19-18-17-13)10(12(11)16)8-4-2-6-21-8/h1-6H. The summed E-state index contributed by atoms with van der Waals surface area (Å²) in [7, 11) is 0. The molecule has 3 nitrogen and oxygen atoms in total. The molecule has 7 heteroatoms. The summed E-state index contributed by atoms with van der Waals surface area (Å²) in [5.74, 6) is -1.86. The van der Waals surface area contributed by atoms with Crippen molar-refractivity contribution in [3.63, 3.8) is 0 Å². The molecule has 0 aliphatic heterocycles. The number of rotatable bonds is 2. The van der Waals surface area contributed by atoms with Crippen LogP contribution < -0.4 is 0 Å². The van der Waals surface area contributed by atoms with E-state index in [4.69, 9.17) is 4.52 Å². The van der Waals surface area contributed by atoms with Crippen molar-refractivity contribution in [3.8, 4) is 20.9 Å². The van der Waals surface area contributed by atoms with E-state index in [2.05, 4.69) is 10.4 Å². The van der Waals surface area contributed by atoms with Crippen molar-refractivity contribution in [2.75, 3.05) is 0 Å². The van der Waals surface area contributed by atoms with Crippen LogP contribution in [0.3, 0.4) is 0 Å². The van der Waals surface area contributed by atoms with Gasteiger partial charge in [0.15, 0.2) is 17.2 Å². The van der Waals surface area contributed by atoms with E-state index in [0.29, 0.717) is 9.75 Å². The molecular formula is C14H6F2N2OS2. The minimum Gasteiger partial charge on any atom is -0.336 e. The number of benzene rings is 1. The summed E-state index contributed by atoms with van der Waals surface area (Å²) in [6.45, 7) is 0. The molecule has 3 heterocycles. The minimum absolute atomic E-state index is 0.0720. The van der Waals surface area contributed by atoms with Gasteiger partial charge in [-0.1, -0.05) is 12.1 Å². The van der Waals surface area contributed by atoms with Gasteiger partial charge in [0, 0.05) is 15.0 Å². The van der Waals surface area contributed by atoms with Crippen molar-refractivity contribution in [1.29, 1.82) is 0 Å². The third-order valence-electron chi connectivity index (χ3n) is 3.12. The molecule has 0 fully saturated rings. The third-order valence-corrected chi connectivity index (χ3v) is 4.89. The number of hydrogen-bond acceptors (Lipinski definition) is 5. The zero-order valence-corrected chi connectivity index (χ0v) is 12.0. The van der Waals surface area contributed by atoms with Crippen molar-refractivity contribution in [2.24, 2.45) is 0 Å². The predicted molar refractivity (Wildman–Crippen MR) is 78.3 cm³/mol.